The van der Waals surface area contributed by atoms with Crippen LogP contribution in [-0.2, 0) is 6.54 Å². The molecule has 1 atom stereocenters. The lowest BCUT2D eigenvalue weighted by Gasteiger charge is -2.21. The van der Waals surface area contributed by atoms with Crippen molar-refractivity contribution in [2.24, 2.45) is 0 Å². The number of imidazole rings is 1. The highest BCUT2D eigenvalue weighted by molar-refractivity contribution is 6.20. The Hall–Kier alpha value is -1.13. The van der Waals surface area contributed by atoms with Gasteiger partial charge in [-0.1, -0.05) is 6.92 Å². The fourth-order valence-corrected chi connectivity index (χ4v) is 3.09. The molecule has 3 nitrogen and oxygen atoms in total. The van der Waals surface area contributed by atoms with E-state index in [0.717, 1.165) is 37.0 Å². The zero-order valence-electron chi connectivity index (χ0n) is 12.5. The number of halogens is 2. The van der Waals surface area contributed by atoms with Crippen LogP contribution >= 0.6 is 11.6 Å². The second kappa shape index (κ2) is 5.93. The normalized spacial score (nSPS) is 16.8. The Morgan fingerprint density at radius 1 is 1.48 bits per heavy atom. The van der Waals surface area contributed by atoms with Gasteiger partial charge in [0.05, 0.1) is 16.4 Å². The summed E-state index contributed by atoms with van der Waals surface area (Å²) in [5.41, 5.74) is 1.65. The van der Waals surface area contributed by atoms with Crippen LogP contribution < -0.4 is 0 Å². The van der Waals surface area contributed by atoms with Crippen molar-refractivity contribution in [2.75, 3.05) is 13.1 Å². The van der Waals surface area contributed by atoms with Gasteiger partial charge in [0, 0.05) is 25.2 Å². The van der Waals surface area contributed by atoms with Gasteiger partial charge in [0.2, 0.25) is 0 Å². The van der Waals surface area contributed by atoms with Crippen LogP contribution in [0.1, 0.15) is 37.9 Å². The second-order valence-electron chi connectivity index (χ2n) is 5.73. The first-order valence-electron chi connectivity index (χ1n) is 7.64. The molecule has 0 amide bonds. The lowest BCUT2D eigenvalue weighted by molar-refractivity contribution is 0.266. The summed E-state index contributed by atoms with van der Waals surface area (Å²) in [6.07, 6.45) is 2.62. The summed E-state index contributed by atoms with van der Waals surface area (Å²) < 4.78 is 15.5. The molecule has 2 aromatic rings. The van der Waals surface area contributed by atoms with Crippen molar-refractivity contribution in [3.63, 3.8) is 0 Å². The van der Waals surface area contributed by atoms with Crippen LogP contribution in [0.2, 0.25) is 0 Å². The standard InChI is InChI=1S/C16H21ClFN3/c1-3-20(13-5-6-13)8-9-21-15-7-4-12(18)10-14(15)19-16(21)11(2)17/h4,7,10-11,13H,3,5-6,8-9H2,1-2H3. The molecule has 5 heteroatoms. The largest absolute Gasteiger partial charge is 0.325 e. The molecule has 0 saturated heterocycles. The Labute approximate surface area is 129 Å². The highest BCUT2D eigenvalue weighted by Crippen LogP contribution is 2.28. The van der Waals surface area contributed by atoms with Crippen molar-refractivity contribution >= 4 is 22.6 Å². The molecule has 1 aliphatic carbocycles. The molecule has 1 unspecified atom stereocenters. The number of alkyl halides is 1. The van der Waals surface area contributed by atoms with Crippen molar-refractivity contribution in [1.82, 2.24) is 14.5 Å². The Kier molecular flexibility index (Phi) is 4.18. The molecule has 0 aliphatic heterocycles. The van der Waals surface area contributed by atoms with Crippen molar-refractivity contribution < 1.29 is 4.39 Å². The summed E-state index contributed by atoms with van der Waals surface area (Å²) in [5, 5.41) is -0.184. The molecule has 0 radical (unpaired) electrons. The van der Waals surface area contributed by atoms with Crippen molar-refractivity contribution in [1.29, 1.82) is 0 Å². The molecule has 1 heterocycles. The maximum absolute atomic E-state index is 13.4. The van der Waals surface area contributed by atoms with E-state index in [0.29, 0.717) is 5.52 Å². The highest BCUT2D eigenvalue weighted by Gasteiger charge is 2.27. The van der Waals surface area contributed by atoms with E-state index in [9.17, 15) is 4.39 Å². The van der Waals surface area contributed by atoms with E-state index in [1.807, 2.05) is 6.92 Å². The summed E-state index contributed by atoms with van der Waals surface area (Å²) in [5.74, 6) is 0.568. The molecule has 0 N–H and O–H groups in total. The SMILES string of the molecule is CCN(CCn1c(C(C)Cl)nc2cc(F)ccc21)C1CC1. The maximum Gasteiger partial charge on any atom is 0.127 e. The van der Waals surface area contributed by atoms with Gasteiger partial charge in [0.25, 0.3) is 0 Å². The summed E-state index contributed by atoms with van der Waals surface area (Å²) in [6.45, 7) is 7.01. The van der Waals surface area contributed by atoms with Crippen molar-refractivity contribution in [3.8, 4) is 0 Å². The summed E-state index contributed by atoms with van der Waals surface area (Å²) in [4.78, 5) is 7.01. The number of nitrogens with zero attached hydrogens (tertiary/aromatic N) is 3. The predicted octanol–water partition coefficient (Wildman–Crippen LogP) is 3.96. The molecule has 114 valence electrons. The van der Waals surface area contributed by atoms with Gasteiger partial charge in [-0.3, -0.25) is 4.90 Å². The summed E-state index contributed by atoms with van der Waals surface area (Å²) >= 11 is 6.25. The zero-order valence-corrected chi connectivity index (χ0v) is 13.3. The predicted molar refractivity (Wildman–Crippen MR) is 84.2 cm³/mol. The van der Waals surface area contributed by atoms with E-state index in [-0.39, 0.29) is 11.2 Å². The van der Waals surface area contributed by atoms with Crippen LogP contribution in [0.5, 0.6) is 0 Å². The van der Waals surface area contributed by atoms with E-state index >= 15 is 0 Å². The van der Waals surface area contributed by atoms with Crippen LogP contribution in [0.4, 0.5) is 4.39 Å². The van der Waals surface area contributed by atoms with Crippen LogP contribution in [0, 0.1) is 5.82 Å². The number of hydrogen-bond acceptors (Lipinski definition) is 2. The second-order valence-corrected chi connectivity index (χ2v) is 6.39. The molecular formula is C16H21ClFN3. The number of likely N-dealkylation sites (N-methyl/N-ethyl adjacent to an activating group) is 1. The summed E-state index contributed by atoms with van der Waals surface area (Å²) in [7, 11) is 0. The fourth-order valence-electron chi connectivity index (χ4n) is 2.93. The Morgan fingerprint density at radius 3 is 2.86 bits per heavy atom. The molecule has 1 fully saturated rings. The molecule has 1 aliphatic rings. The molecule has 3 rings (SSSR count). The lowest BCUT2D eigenvalue weighted by Crippen LogP contribution is -2.29. The van der Waals surface area contributed by atoms with Gasteiger partial charge in [0.15, 0.2) is 0 Å². The van der Waals surface area contributed by atoms with E-state index in [2.05, 4.69) is 21.4 Å². The quantitative estimate of drug-likeness (QED) is 0.753. The first-order valence-corrected chi connectivity index (χ1v) is 8.07. The molecule has 0 spiro atoms. The van der Waals surface area contributed by atoms with Gasteiger partial charge in [-0.25, -0.2) is 9.37 Å². The van der Waals surface area contributed by atoms with Gasteiger partial charge in [-0.2, -0.15) is 0 Å². The third-order valence-corrected chi connectivity index (χ3v) is 4.37. The van der Waals surface area contributed by atoms with Gasteiger partial charge in [-0.15, -0.1) is 11.6 Å². The molecule has 0 bridgehead atoms. The van der Waals surface area contributed by atoms with E-state index in [1.54, 1.807) is 6.07 Å². The summed E-state index contributed by atoms with van der Waals surface area (Å²) in [6, 6.07) is 5.52. The Balaban J connectivity index is 1.89. The maximum atomic E-state index is 13.4. The van der Waals surface area contributed by atoms with Gasteiger partial charge in [-0.05, 0) is 38.4 Å². The first-order chi connectivity index (χ1) is 10.1. The number of benzene rings is 1. The zero-order chi connectivity index (χ0) is 15.0. The smallest absolute Gasteiger partial charge is 0.127 e. The molecular weight excluding hydrogens is 289 g/mol. The van der Waals surface area contributed by atoms with Crippen LogP contribution in [-0.4, -0.2) is 33.6 Å². The minimum Gasteiger partial charge on any atom is -0.325 e. The molecule has 21 heavy (non-hydrogen) atoms. The van der Waals surface area contributed by atoms with Crippen LogP contribution in [0.3, 0.4) is 0 Å². The monoisotopic (exact) mass is 309 g/mol. The number of hydrogen-bond donors (Lipinski definition) is 0. The number of aromatic nitrogens is 2. The average Bonchev–Trinajstić information content (AvgIpc) is 3.21. The molecule has 1 aromatic heterocycles. The van der Waals surface area contributed by atoms with E-state index < -0.39 is 0 Å². The van der Waals surface area contributed by atoms with Crippen molar-refractivity contribution in [3.05, 3.63) is 29.8 Å². The third-order valence-electron chi connectivity index (χ3n) is 4.18. The van der Waals surface area contributed by atoms with Gasteiger partial charge < -0.3 is 4.57 Å². The van der Waals surface area contributed by atoms with Gasteiger partial charge >= 0.3 is 0 Å². The Morgan fingerprint density at radius 2 is 2.24 bits per heavy atom. The highest BCUT2D eigenvalue weighted by atomic mass is 35.5. The Bertz CT molecular complexity index is 634. The number of fused-ring (bicyclic) bond motifs is 1. The lowest BCUT2D eigenvalue weighted by atomic mass is 10.3. The van der Waals surface area contributed by atoms with Crippen LogP contribution in [0.25, 0.3) is 11.0 Å². The number of rotatable bonds is 6. The first kappa shape index (κ1) is 14.8. The third kappa shape index (κ3) is 3.06. The topological polar surface area (TPSA) is 21.1 Å². The molecule has 1 aromatic carbocycles. The minimum atomic E-state index is -0.255. The average molecular weight is 310 g/mol. The van der Waals surface area contributed by atoms with E-state index in [4.69, 9.17) is 11.6 Å². The van der Waals surface area contributed by atoms with Crippen molar-refractivity contribution in [2.45, 2.75) is 44.7 Å². The van der Waals surface area contributed by atoms with E-state index in [1.165, 1.54) is 25.0 Å². The minimum absolute atomic E-state index is 0.184. The van der Waals surface area contributed by atoms with Crippen LogP contribution in [0.15, 0.2) is 18.2 Å². The fraction of sp³-hybridized carbons (Fsp3) is 0.562. The van der Waals surface area contributed by atoms with Gasteiger partial charge in [0.1, 0.15) is 11.6 Å². The molecule has 1 saturated carbocycles.